The van der Waals surface area contributed by atoms with Crippen LogP contribution < -0.4 is 10.9 Å². The molecule has 3 aromatic rings. The molecule has 0 radical (unpaired) electrons. The fraction of sp³-hybridized carbons (Fsp3) is 0.312. The summed E-state index contributed by atoms with van der Waals surface area (Å²) in [4.78, 5) is 16.5. The van der Waals surface area contributed by atoms with Crippen LogP contribution in [0.2, 0.25) is 0 Å². The highest BCUT2D eigenvalue weighted by Gasteiger charge is 2.20. The molecule has 0 bridgehead atoms. The number of fused-ring (bicyclic) bond motifs is 2. The fourth-order valence-corrected chi connectivity index (χ4v) is 3.87. The molecular formula is C16H16N4OS. The average molecular weight is 312 g/mol. The van der Waals surface area contributed by atoms with Crippen LogP contribution in [0.15, 0.2) is 41.3 Å². The van der Waals surface area contributed by atoms with Crippen LogP contribution in [-0.2, 0) is 6.42 Å². The van der Waals surface area contributed by atoms with Gasteiger partial charge in [-0.1, -0.05) is 35.6 Å². The largest absolute Gasteiger partial charge is 0.359 e. The predicted octanol–water partition coefficient (Wildman–Crippen LogP) is 2.68. The van der Waals surface area contributed by atoms with Crippen LogP contribution in [-0.4, -0.2) is 21.1 Å². The number of hydrogen-bond donors (Lipinski definition) is 1. The maximum Gasteiger partial charge on any atom is 0.275 e. The Balaban J connectivity index is 1.55. The van der Waals surface area contributed by atoms with E-state index in [0.717, 1.165) is 11.7 Å². The van der Waals surface area contributed by atoms with E-state index in [9.17, 15) is 4.79 Å². The van der Waals surface area contributed by atoms with Crippen molar-refractivity contribution in [1.82, 2.24) is 14.6 Å². The minimum atomic E-state index is -0.141. The Morgan fingerprint density at radius 2 is 2.23 bits per heavy atom. The van der Waals surface area contributed by atoms with E-state index < -0.39 is 0 Å². The van der Waals surface area contributed by atoms with Crippen molar-refractivity contribution < 1.29 is 0 Å². The number of hydrogen-bond acceptors (Lipinski definition) is 5. The summed E-state index contributed by atoms with van der Waals surface area (Å²) in [5, 5.41) is 8.43. The van der Waals surface area contributed by atoms with E-state index >= 15 is 0 Å². The van der Waals surface area contributed by atoms with Gasteiger partial charge in [0.15, 0.2) is 0 Å². The van der Waals surface area contributed by atoms with E-state index in [2.05, 4.69) is 39.7 Å². The average Bonchev–Trinajstić information content (AvgIpc) is 2.97. The van der Waals surface area contributed by atoms with E-state index in [1.807, 2.05) is 0 Å². The first-order valence-corrected chi connectivity index (χ1v) is 8.29. The molecule has 1 atom stereocenters. The van der Waals surface area contributed by atoms with Gasteiger partial charge in [0.05, 0.1) is 0 Å². The van der Waals surface area contributed by atoms with Crippen molar-refractivity contribution in [2.75, 3.05) is 11.9 Å². The quantitative estimate of drug-likeness (QED) is 0.808. The van der Waals surface area contributed by atoms with Gasteiger partial charge in [-0.25, -0.2) is 4.98 Å². The van der Waals surface area contributed by atoms with E-state index in [1.54, 1.807) is 0 Å². The van der Waals surface area contributed by atoms with Crippen LogP contribution in [0.5, 0.6) is 0 Å². The molecule has 0 unspecified atom stereocenters. The summed E-state index contributed by atoms with van der Waals surface area (Å²) in [6.07, 6.45) is 5.11. The lowest BCUT2D eigenvalue weighted by Gasteiger charge is -2.25. The van der Waals surface area contributed by atoms with Gasteiger partial charge in [-0.3, -0.25) is 4.79 Å². The summed E-state index contributed by atoms with van der Waals surface area (Å²) >= 11 is 1.41. The lowest BCUT2D eigenvalue weighted by Crippen LogP contribution is -2.18. The molecule has 1 aliphatic rings. The van der Waals surface area contributed by atoms with Gasteiger partial charge >= 0.3 is 0 Å². The Kier molecular flexibility index (Phi) is 3.38. The highest BCUT2D eigenvalue weighted by atomic mass is 32.1. The van der Waals surface area contributed by atoms with Crippen molar-refractivity contribution in [3.8, 4) is 0 Å². The number of nitrogens with zero attached hydrogens (tertiary/aromatic N) is 3. The zero-order valence-electron chi connectivity index (χ0n) is 12.0. The van der Waals surface area contributed by atoms with E-state index in [4.69, 9.17) is 0 Å². The van der Waals surface area contributed by atoms with Crippen molar-refractivity contribution in [3.05, 3.63) is 58.0 Å². The highest BCUT2D eigenvalue weighted by molar-refractivity contribution is 7.20. The Morgan fingerprint density at radius 1 is 1.32 bits per heavy atom. The summed E-state index contributed by atoms with van der Waals surface area (Å²) in [5.74, 6) is 0.502. The molecule has 6 heteroatoms. The zero-order chi connectivity index (χ0) is 14.9. The predicted molar refractivity (Wildman–Crippen MR) is 87.7 cm³/mol. The topological polar surface area (TPSA) is 59.3 Å². The lowest BCUT2D eigenvalue weighted by molar-refractivity contribution is 0.571. The maximum atomic E-state index is 11.7. The lowest BCUT2D eigenvalue weighted by atomic mass is 9.83. The zero-order valence-corrected chi connectivity index (χ0v) is 12.8. The van der Waals surface area contributed by atoms with Crippen LogP contribution in [0.25, 0.3) is 4.96 Å². The molecule has 4 rings (SSSR count). The van der Waals surface area contributed by atoms with Crippen molar-refractivity contribution in [1.29, 1.82) is 0 Å². The van der Waals surface area contributed by atoms with Crippen LogP contribution in [0.3, 0.4) is 0 Å². The number of nitrogens with one attached hydrogen (secondary N) is 1. The van der Waals surface area contributed by atoms with Gasteiger partial charge in [-0.05, 0) is 30.4 Å². The van der Waals surface area contributed by atoms with Gasteiger partial charge < -0.3 is 5.32 Å². The van der Waals surface area contributed by atoms with Gasteiger partial charge in [0, 0.05) is 24.7 Å². The summed E-state index contributed by atoms with van der Waals surface area (Å²) in [6, 6.07) is 10.1. The molecule has 1 N–H and O–H groups in total. The number of aryl methyl sites for hydroxylation is 1. The minimum Gasteiger partial charge on any atom is -0.359 e. The third-order valence-electron chi connectivity index (χ3n) is 4.16. The van der Waals surface area contributed by atoms with Crippen molar-refractivity contribution >= 4 is 21.4 Å². The monoisotopic (exact) mass is 312 g/mol. The molecule has 0 amide bonds. The Morgan fingerprint density at radius 3 is 3.14 bits per heavy atom. The molecule has 0 aliphatic heterocycles. The van der Waals surface area contributed by atoms with E-state index in [1.165, 1.54) is 58.5 Å². The minimum absolute atomic E-state index is 0.141. The van der Waals surface area contributed by atoms with Gasteiger partial charge in [0.2, 0.25) is 10.1 Å². The highest BCUT2D eigenvalue weighted by Crippen LogP contribution is 2.31. The fourth-order valence-electron chi connectivity index (χ4n) is 3.09. The van der Waals surface area contributed by atoms with Crippen LogP contribution in [0.1, 0.15) is 29.9 Å². The number of rotatable bonds is 3. The van der Waals surface area contributed by atoms with Crippen LogP contribution in [0.4, 0.5) is 5.13 Å². The normalized spacial score (nSPS) is 17.4. The summed E-state index contributed by atoms with van der Waals surface area (Å²) in [6.45, 7) is 0.839. The molecule has 2 heterocycles. The van der Waals surface area contributed by atoms with E-state index in [-0.39, 0.29) is 5.56 Å². The Hall–Kier alpha value is -2.21. The second-order valence-electron chi connectivity index (χ2n) is 5.55. The third kappa shape index (κ3) is 2.39. The molecule has 0 fully saturated rings. The molecule has 5 nitrogen and oxygen atoms in total. The van der Waals surface area contributed by atoms with Gasteiger partial charge in [0.25, 0.3) is 5.56 Å². The summed E-state index contributed by atoms with van der Waals surface area (Å²) in [7, 11) is 0. The van der Waals surface area contributed by atoms with Crippen LogP contribution in [0, 0.1) is 0 Å². The molecule has 112 valence electrons. The molecule has 2 aromatic heterocycles. The van der Waals surface area contributed by atoms with Crippen molar-refractivity contribution in [2.45, 2.75) is 25.2 Å². The van der Waals surface area contributed by atoms with Gasteiger partial charge in [-0.15, -0.1) is 5.10 Å². The molecule has 1 aliphatic carbocycles. The molecule has 1 aromatic carbocycles. The molecule has 0 saturated heterocycles. The maximum absolute atomic E-state index is 11.7. The summed E-state index contributed by atoms with van der Waals surface area (Å²) < 4.78 is 1.35. The second kappa shape index (κ2) is 5.53. The standard InChI is InChI=1S/C16H16N4OS/c21-14-8-9-17-16-20(14)19-15(22-16)18-10-12-6-3-5-11-4-1-2-7-13(11)12/h1-2,4,7-9,12H,3,5-6,10H2,(H,18,19)/t12-/m1/s1. The van der Waals surface area contributed by atoms with Gasteiger partial charge in [-0.2, -0.15) is 4.52 Å². The number of aromatic nitrogens is 3. The van der Waals surface area contributed by atoms with Crippen molar-refractivity contribution in [3.63, 3.8) is 0 Å². The Labute approximate surface area is 131 Å². The first-order valence-electron chi connectivity index (χ1n) is 7.48. The van der Waals surface area contributed by atoms with Crippen molar-refractivity contribution in [2.24, 2.45) is 0 Å². The molecule has 0 saturated carbocycles. The van der Waals surface area contributed by atoms with Crippen LogP contribution >= 0.6 is 11.3 Å². The SMILES string of the molecule is O=c1ccnc2sc(NC[C@H]3CCCc4ccccc43)nn12. The first-order chi connectivity index (χ1) is 10.8. The second-order valence-corrected chi connectivity index (χ2v) is 6.51. The molecule has 22 heavy (non-hydrogen) atoms. The molecule has 0 spiro atoms. The first kappa shape index (κ1) is 13.5. The molecular weight excluding hydrogens is 296 g/mol. The number of benzene rings is 1. The third-order valence-corrected chi connectivity index (χ3v) is 5.04. The Bertz CT molecular complexity index is 870. The van der Waals surface area contributed by atoms with Gasteiger partial charge in [0.1, 0.15) is 0 Å². The summed E-state index contributed by atoms with van der Waals surface area (Å²) in [5.41, 5.74) is 2.76. The number of anilines is 1. The smallest absolute Gasteiger partial charge is 0.275 e. The van der Waals surface area contributed by atoms with E-state index in [0.29, 0.717) is 10.9 Å².